The molecule has 0 amide bonds. The van der Waals surface area contributed by atoms with Gasteiger partial charge in [-0.3, -0.25) is 0 Å². The third-order valence-corrected chi connectivity index (χ3v) is 16.4. The number of allylic oxidation sites excluding steroid dienone is 10. The highest BCUT2D eigenvalue weighted by atomic mass is 32.1. The first-order valence-corrected chi connectivity index (χ1v) is 26.1. The van der Waals surface area contributed by atoms with Gasteiger partial charge in [-0.15, -0.1) is 17.9 Å². The molecule has 2 aliphatic rings. The summed E-state index contributed by atoms with van der Waals surface area (Å²) < 4.78 is 2.65. The van der Waals surface area contributed by atoms with E-state index in [0.29, 0.717) is 23.7 Å². The normalized spacial score (nSPS) is 19.7. The molecular formula is C61H88BN2S. The topological polar surface area (TPSA) is 6.48 Å². The predicted octanol–water partition coefficient (Wildman–Crippen LogP) is 18.3. The van der Waals surface area contributed by atoms with E-state index < -0.39 is 0 Å². The molecule has 4 heteroatoms. The van der Waals surface area contributed by atoms with Gasteiger partial charge in [-0.25, -0.2) is 0 Å². The molecular weight excluding hydrogens is 804 g/mol. The fourth-order valence-corrected chi connectivity index (χ4v) is 11.4. The van der Waals surface area contributed by atoms with E-state index in [2.05, 4.69) is 233 Å². The molecule has 0 fully saturated rings. The Hall–Kier alpha value is -3.76. The SMILES string of the molecule is C=C/C(=C\C=C\N1/C(C)=C(/C=C(\CC(C)C)C(C)(C)CC)[B]c2sc3cc4c(cc3c2N(/C=C/C(C(C=C)C(C)C)C(C)(C)C)c2cccc1c2)C(C)(C)CCC4(C)C)C(C)CCCC. The zero-order valence-corrected chi connectivity index (χ0v) is 45.0. The molecule has 5 rings (SSSR count). The lowest BCUT2D eigenvalue weighted by atomic mass is 9.62. The van der Waals surface area contributed by atoms with Crippen LogP contribution in [0.1, 0.15) is 174 Å². The summed E-state index contributed by atoms with van der Waals surface area (Å²) in [5.41, 5.74) is 12.1. The molecule has 1 aliphatic carbocycles. The Morgan fingerprint density at radius 1 is 0.877 bits per heavy atom. The number of fused-ring (bicyclic) bond motifs is 6. The molecule has 0 spiro atoms. The quantitative estimate of drug-likeness (QED) is 0.0757. The summed E-state index contributed by atoms with van der Waals surface area (Å²) in [6, 6.07) is 14.4. The zero-order valence-electron chi connectivity index (χ0n) is 44.2. The van der Waals surface area contributed by atoms with E-state index in [-0.39, 0.29) is 27.6 Å². The van der Waals surface area contributed by atoms with Crippen LogP contribution < -0.4 is 14.6 Å². The maximum atomic E-state index is 4.39. The Labute approximate surface area is 404 Å². The van der Waals surface area contributed by atoms with Crippen molar-refractivity contribution in [2.45, 2.75) is 173 Å². The van der Waals surface area contributed by atoms with E-state index in [9.17, 15) is 0 Å². The number of thiophene rings is 1. The first kappa shape index (κ1) is 52.2. The number of hydrogen-bond acceptors (Lipinski definition) is 3. The van der Waals surface area contributed by atoms with Gasteiger partial charge in [-0.1, -0.05) is 178 Å². The van der Waals surface area contributed by atoms with Gasteiger partial charge < -0.3 is 9.80 Å². The van der Waals surface area contributed by atoms with Crippen LogP contribution in [0.4, 0.5) is 17.1 Å². The lowest BCUT2D eigenvalue weighted by molar-refractivity contribution is 0.200. The monoisotopic (exact) mass is 892 g/mol. The van der Waals surface area contributed by atoms with Crippen molar-refractivity contribution in [3.63, 3.8) is 0 Å². The van der Waals surface area contributed by atoms with Crippen molar-refractivity contribution in [2.24, 2.45) is 40.4 Å². The Balaban J connectivity index is 1.93. The van der Waals surface area contributed by atoms with Crippen LogP contribution in [0.25, 0.3) is 10.1 Å². The highest BCUT2D eigenvalue weighted by molar-refractivity contribution is 7.29. The van der Waals surface area contributed by atoms with Crippen molar-refractivity contribution in [3.8, 4) is 0 Å². The Kier molecular flexibility index (Phi) is 16.9. The molecule has 1 aliphatic heterocycles. The van der Waals surface area contributed by atoms with Crippen LogP contribution in [0.3, 0.4) is 0 Å². The second kappa shape index (κ2) is 21.0. The second-order valence-corrected chi connectivity index (χ2v) is 24.6. The third-order valence-electron chi connectivity index (χ3n) is 15.3. The summed E-state index contributed by atoms with van der Waals surface area (Å²) in [4.78, 5) is 4.97. The Bertz CT molecular complexity index is 2310. The summed E-state index contributed by atoms with van der Waals surface area (Å²) in [5, 5.41) is 1.34. The van der Waals surface area contributed by atoms with E-state index in [1.54, 1.807) is 0 Å². The van der Waals surface area contributed by atoms with E-state index >= 15 is 0 Å². The molecule has 65 heavy (non-hydrogen) atoms. The molecule has 1 radical (unpaired) electrons. The average Bonchev–Trinajstić information content (AvgIpc) is 3.58. The molecule has 3 atom stereocenters. The number of nitrogens with zero attached hydrogens (tertiary/aromatic N) is 2. The Morgan fingerprint density at radius 3 is 2.06 bits per heavy atom. The number of anilines is 3. The van der Waals surface area contributed by atoms with Crippen molar-refractivity contribution >= 4 is 50.5 Å². The molecule has 2 heterocycles. The van der Waals surface area contributed by atoms with Gasteiger partial charge in [0.15, 0.2) is 0 Å². The summed E-state index contributed by atoms with van der Waals surface area (Å²) >= 11 is 1.96. The lowest BCUT2D eigenvalue weighted by Gasteiger charge is -2.42. The zero-order chi connectivity index (χ0) is 48.2. The predicted molar refractivity (Wildman–Crippen MR) is 295 cm³/mol. The summed E-state index contributed by atoms with van der Waals surface area (Å²) in [6.07, 6.45) is 26.7. The molecule has 0 N–H and O–H groups in total. The van der Waals surface area contributed by atoms with Crippen LogP contribution in [-0.4, -0.2) is 7.28 Å². The van der Waals surface area contributed by atoms with E-state index in [1.807, 2.05) is 11.3 Å². The Morgan fingerprint density at radius 2 is 1.51 bits per heavy atom. The average molecular weight is 892 g/mol. The fraction of sp³-hybridized carbons (Fsp3) is 0.541. The van der Waals surface area contributed by atoms with E-state index in [0.717, 1.165) is 24.2 Å². The maximum absolute atomic E-state index is 4.39. The second-order valence-electron chi connectivity index (χ2n) is 23.5. The number of unbranched alkanes of at least 4 members (excludes halogenated alkanes) is 1. The van der Waals surface area contributed by atoms with Gasteiger partial charge in [0.1, 0.15) is 0 Å². The van der Waals surface area contributed by atoms with Crippen LogP contribution in [0, 0.1) is 40.4 Å². The van der Waals surface area contributed by atoms with Crippen molar-refractivity contribution in [3.05, 3.63) is 132 Å². The number of rotatable bonds is 17. The van der Waals surface area contributed by atoms with Crippen molar-refractivity contribution in [1.29, 1.82) is 0 Å². The molecule has 3 unspecified atom stereocenters. The van der Waals surface area contributed by atoms with Gasteiger partial charge in [-0.05, 0) is 148 Å². The lowest BCUT2D eigenvalue weighted by Crippen LogP contribution is -2.33. The summed E-state index contributed by atoms with van der Waals surface area (Å²) in [7, 11) is 2.55. The summed E-state index contributed by atoms with van der Waals surface area (Å²) in [5.74, 6) is 2.08. The molecule has 0 saturated heterocycles. The number of benzene rings is 2. The molecule has 2 aromatic carbocycles. The molecule has 3 aromatic rings. The fourth-order valence-electron chi connectivity index (χ4n) is 10.3. The van der Waals surface area contributed by atoms with Gasteiger partial charge in [0.2, 0.25) is 7.28 Å². The van der Waals surface area contributed by atoms with Crippen LogP contribution >= 0.6 is 11.3 Å². The van der Waals surface area contributed by atoms with Gasteiger partial charge in [0.05, 0.1) is 5.69 Å². The van der Waals surface area contributed by atoms with Gasteiger partial charge in [-0.2, -0.15) is 0 Å². The maximum Gasteiger partial charge on any atom is 0.210 e. The van der Waals surface area contributed by atoms with Crippen molar-refractivity contribution in [2.75, 3.05) is 9.80 Å². The first-order chi connectivity index (χ1) is 30.4. The van der Waals surface area contributed by atoms with Gasteiger partial charge >= 0.3 is 0 Å². The number of hydrogen-bond donors (Lipinski definition) is 0. The largest absolute Gasteiger partial charge is 0.322 e. The first-order valence-electron chi connectivity index (χ1n) is 25.3. The van der Waals surface area contributed by atoms with Crippen molar-refractivity contribution in [1.82, 2.24) is 0 Å². The smallest absolute Gasteiger partial charge is 0.210 e. The van der Waals surface area contributed by atoms with Crippen LogP contribution in [0.15, 0.2) is 121 Å². The minimum absolute atomic E-state index is 0.0308. The standard InChI is InChI=1S/C61H88BN2S/c1-20-24-27-43(9)45(21-2)28-26-34-63-44(10)54(37-46(36-41(5)6)59(14,15)23-4)62-57-56(50-39-52-53(40-55(50)65-57)61(18,19)33-32-60(52,16)17)64(48-30-25-29-47(63)38-48)35-31-51(58(11,12)13)49(22-3)42(7)8/h21-22,25-26,28-31,34-35,37-43,49,51H,2-3,20,23-24,27,32-33,36H2,1,4-19H3/b34-26+,35-31+,45-28+,46-37+,54-44-. The van der Waals surface area contributed by atoms with Gasteiger partial charge in [0.25, 0.3) is 0 Å². The molecule has 2 nitrogen and oxygen atoms in total. The van der Waals surface area contributed by atoms with E-state index in [4.69, 9.17) is 0 Å². The highest BCUT2D eigenvalue weighted by Crippen LogP contribution is 2.50. The molecule has 1 aromatic heterocycles. The van der Waals surface area contributed by atoms with Crippen molar-refractivity contribution < 1.29 is 0 Å². The molecule has 2 bridgehead atoms. The van der Waals surface area contributed by atoms with Crippen LogP contribution in [0.2, 0.25) is 0 Å². The molecule has 351 valence electrons. The molecule has 0 saturated carbocycles. The third kappa shape index (κ3) is 11.9. The van der Waals surface area contributed by atoms with Gasteiger partial charge in [0, 0.05) is 39.6 Å². The van der Waals surface area contributed by atoms with Crippen LogP contribution in [0.5, 0.6) is 0 Å². The van der Waals surface area contributed by atoms with E-state index in [1.165, 1.54) is 86.1 Å². The van der Waals surface area contributed by atoms with Crippen LogP contribution in [-0.2, 0) is 10.8 Å². The minimum atomic E-state index is 0.0308. The summed E-state index contributed by atoms with van der Waals surface area (Å²) in [6.45, 7) is 49.2. The highest BCUT2D eigenvalue weighted by Gasteiger charge is 2.39. The minimum Gasteiger partial charge on any atom is -0.322 e.